The molecule has 15 rings (SSSR count). The Hall–Kier alpha value is -15.6. The van der Waals surface area contributed by atoms with Crippen LogP contribution in [0.25, 0.3) is 56.3 Å². The lowest BCUT2D eigenvalue weighted by atomic mass is 10.0. The summed E-state index contributed by atoms with van der Waals surface area (Å²) < 4.78 is 26.2. The predicted molar refractivity (Wildman–Crippen MR) is 343 cm³/mol. The second-order valence-electron chi connectivity index (χ2n) is 21.4. The predicted octanol–water partition coefficient (Wildman–Crippen LogP) is 8.54. The number of rotatable bonds is 5. The molecule has 474 valence electrons. The van der Waals surface area contributed by atoms with Gasteiger partial charge in [0.2, 0.25) is 17.3 Å². The van der Waals surface area contributed by atoms with Gasteiger partial charge in [-0.3, -0.25) is 14.4 Å². The van der Waals surface area contributed by atoms with Gasteiger partial charge in [-0.2, -0.15) is 52.6 Å². The molecule has 0 saturated heterocycles. The highest BCUT2D eigenvalue weighted by Crippen LogP contribution is 2.46. The van der Waals surface area contributed by atoms with E-state index in [2.05, 4.69) is 49.8 Å². The van der Waals surface area contributed by atoms with Crippen LogP contribution in [-0.2, 0) is 12.8 Å². The Morgan fingerprint density at radius 1 is 0.320 bits per heavy atom. The van der Waals surface area contributed by atoms with E-state index in [1.807, 2.05) is 92.7 Å². The average molecular weight is 1310 g/mol. The molecule has 5 aliphatic carbocycles. The molecule has 0 amide bonds. The Morgan fingerprint density at radius 3 is 1.22 bits per heavy atom. The molecule has 100 heavy (non-hydrogen) atoms. The maximum Gasteiger partial charge on any atom is 0.214 e. The number of fused-ring (bicyclic) bond motifs is 15. The normalized spacial score (nSPS) is 11.2. The molecule has 5 heterocycles. The molecule has 28 nitrogen and oxygen atoms in total. The minimum Gasteiger partial charge on any atom is -0.497 e. The molecule has 0 fully saturated rings. The van der Waals surface area contributed by atoms with Crippen molar-refractivity contribution in [1.29, 1.82) is 52.6 Å². The molecule has 5 aromatic heterocycles. The molecular formula is C72H38N20O8. The second kappa shape index (κ2) is 27.2. The van der Waals surface area contributed by atoms with Gasteiger partial charge >= 0.3 is 0 Å². The number of benzene rings is 5. The van der Waals surface area contributed by atoms with Crippen molar-refractivity contribution in [3.63, 3.8) is 0 Å². The summed E-state index contributed by atoms with van der Waals surface area (Å²) in [6.07, 6.45) is 1.18. The molecule has 0 atom stereocenters. The van der Waals surface area contributed by atoms with Gasteiger partial charge in [0.05, 0.1) is 63.9 Å². The van der Waals surface area contributed by atoms with E-state index in [0.717, 1.165) is 44.8 Å². The number of ketones is 3. The largest absolute Gasteiger partial charge is 0.497 e. The van der Waals surface area contributed by atoms with Crippen LogP contribution in [0.1, 0.15) is 139 Å². The van der Waals surface area contributed by atoms with Crippen LogP contribution < -0.4 is 23.7 Å². The zero-order valence-corrected chi connectivity index (χ0v) is 53.1. The van der Waals surface area contributed by atoms with Crippen LogP contribution in [-0.4, -0.2) is 103 Å². The minimum absolute atomic E-state index is 0.0222. The fourth-order valence-electron chi connectivity index (χ4n) is 11.4. The topological polar surface area (TPSA) is 464 Å². The van der Waals surface area contributed by atoms with E-state index >= 15 is 0 Å². The molecule has 0 bridgehead atoms. The van der Waals surface area contributed by atoms with Gasteiger partial charge in [-0.05, 0) is 73.5 Å². The number of ether oxygens (including phenoxy) is 5. The molecule has 28 heteroatoms. The van der Waals surface area contributed by atoms with Gasteiger partial charge in [0, 0.05) is 57.3 Å². The van der Waals surface area contributed by atoms with Gasteiger partial charge in [-0.25, -0.2) is 49.8 Å². The smallest absolute Gasteiger partial charge is 0.214 e. The highest BCUT2D eigenvalue weighted by atomic mass is 16.5. The molecule has 10 aromatic rings. The van der Waals surface area contributed by atoms with Crippen molar-refractivity contribution in [3.8, 4) is 146 Å². The van der Waals surface area contributed by atoms with Gasteiger partial charge in [0.15, 0.2) is 68.4 Å². The lowest BCUT2D eigenvalue weighted by molar-refractivity contribution is 0.103. The molecular weight excluding hydrogens is 1270 g/mol. The van der Waals surface area contributed by atoms with Crippen molar-refractivity contribution in [2.75, 3.05) is 35.5 Å². The summed E-state index contributed by atoms with van der Waals surface area (Å²) in [6.45, 7) is 3.85. The SMILES string of the molecule is COc1cc2c(cc1OC)-c1nc(C#N)c(C#N)nc1C2=O.COc1ccc(OC)c2c1Cc1nc(C#N)c(C#N)nc1-2.COc1ccc2c(c1)-c1nc(C#N)c(C#N)nc1C2=O.Cc1ccc2c(c1)-c1nc(C#N)c(C#N)nc1C2.Cc1cccc2c1C(=O)c1nc(C#N)c(C#N)nc1-2. The third-order valence-corrected chi connectivity index (χ3v) is 16.0. The average Bonchev–Trinajstić information content (AvgIpc) is 1.63. The van der Waals surface area contributed by atoms with Crippen LogP contribution in [0.4, 0.5) is 0 Å². The van der Waals surface area contributed by atoms with E-state index in [4.69, 9.17) is 76.3 Å². The first-order chi connectivity index (χ1) is 48.4. The van der Waals surface area contributed by atoms with Crippen molar-refractivity contribution < 1.29 is 38.1 Å². The van der Waals surface area contributed by atoms with Crippen molar-refractivity contribution >= 4 is 17.3 Å². The van der Waals surface area contributed by atoms with Gasteiger partial charge in [-0.1, -0.05) is 35.9 Å². The lowest BCUT2D eigenvalue weighted by Crippen LogP contribution is -2.04. The Balaban J connectivity index is 0.000000126. The second-order valence-corrected chi connectivity index (χ2v) is 21.4. The standard InChI is InChI=1S/C15H8N4O3.C15H10N4O2.C14H6N4O2.C14H6N4O.C14H8N4/c1-21-11-3-7-8(4-12(11)22-2)15(20)14-13(7)18-9(5-16)10(6-17)19-14;1-20-12-3-4-13(21-2)14-8(12)5-9-15(14)19-11(7-17)10(6-16)18-9;1-20-7-2-3-8-9(4-7)12-13(14(8)19)18-11(6-16)10(5-15)17-12;1-7-3-2-4-8-11(7)14(19)13-12(8)17-9(5-15)10(6-16)18-13;1-8-2-3-9-5-11-14(10(9)4-8)18-13(7-16)12(6-15)17-11/h3-4H,1-2H3;3-4H,5H2,1-2H3;2-4H,1H3;2-4H,1H3;2-4H,5H2,1H3. The fraction of sp³-hybridized carbons (Fsp3) is 0.125. The summed E-state index contributed by atoms with van der Waals surface area (Å²) in [5.41, 5.74) is 12.6. The summed E-state index contributed by atoms with van der Waals surface area (Å²) >= 11 is 0. The number of carbonyl (C=O) groups excluding carboxylic acids is 3. The molecule has 5 aromatic carbocycles. The number of aromatic nitrogens is 10. The highest BCUT2D eigenvalue weighted by Gasteiger charge is 2.36. The van der Waals surface area contributed by atoms with Gasteiger partial charge < -0.3 is 23.7 Å². The van der Waals surface area contributed by atoms with Gasteiger partial charge in [0.1, 0.15) is 112 Å². The van der Waals surface area contributed by atoms with E-state index in [0.29, 0.717) is 97.7 Å². The van der Waals surface area contributed by atoms with Crippen LogP contribution in [0.2, 0.25) is 0 Å². The highest BCUT2D eigenvalue weighted by molar-refractivity contribution is 6.22. The summed E-state index contributed by atoms with van der Waals surface area (Å²) in [6, 6.07) is 41.7. The van der Waals surface area contributed by atoms with Gasteiger partial charge in [0.25, 0.3) is 0 Å². The molecule has 5 aliphatic rings. The summed E-state index contributed by atoms with van der Waals surface area (Å²) in [5, 5.41) is 89.9. The maximum absolute atomic E-state index is 12.4. The van der Waals surface area contributed by atoms with E-state index in [1.165, 1.54) is 27.4 Å². The third-order valence-electron chi connectivity index (χ3n) is 16.0. The van der Waals surface area contributed by atoms with Gasteiger partial charge in [-0.15, -0.1) is 0 Å². The molecule has 0 radical (unpaired) electrons. The third kappa shape index (κ3) is 11.3. The van der Waals surface area contributed by atoms with Crippen molar-refractivity contribution in [1.82, 2.24) is 49.8 Å². The number of aryl methyl sites for hydroxylation is 2. The van der Waals surface area contributed by atoms with Crippen LogP contribution in [0.15, 0.2) is 78.9 Å². The maximum atomic E-state index is 12.4. The summed E-state index contributed by atoms with van der Waals surface area (Å²) in [4.78, 5) is 78.2. The first-order valence-electron chi connectivity index (χ1n) is 29.1. The number of hydrogen-bond donors (Lipinski definition) is 0. The van der Waals surface area contributed by atoms with Crippen LogP contribution in [0, 0.1) is 127 Å². The first kappa shape index (κ1) is 65.9. The molecule has 0 unspecified atom stereocenters. The van der Waals surface area contributed by atoms with Crippen LogP contribution in [0.3, 0.4) is 0 Å². The zero-order chi connectivity index (χ0) is 71.4. The summed E-state index contributed by atoms with van der Waals surface area (Å²) in [7, 11) is 7.63. The van der Waals surface area contributed by atoms with E-state index < -0.39 is 0 Å². The monoisotopic (exact) mass is 1310 g/mol. The van der Waals surface area contributed by atoms with Crippen molar-refractivity contribution in [2.45, 2.75) is 26.7 Å². The number of methoxy groups -OCH3 is 5. The number of hydrogen-bond acceptors (Lipinski definition) is 28. The molecule has 0 N–H and O–H groups in total. The first-order valence-corrected chi connectivity index (χ1v) is 29.1. The Bertz CT molecular complexity index is 5800. The van der Waals surface area contributed by atoms with Crippen molar-refractivity contribution in [3.05, 3.63) is 203 Å². The van der Waals surface area contributed by atoms with Crippen LogP contribution >= 0.6 is 0 Å². The zero-order valence-electron chi connectivity index (χ0n) is 53.1. The summed E-state index contributed by atoms with van der Waals surface area (Å²) in [5.74, 6) is 1.88. The van der Waals surface area contributed by atoms with Crippen molar-refractivity contribution in [2.24, 2.45) is 0 Å². The van der Waals surface area contributed by atoms with E-state index in [-0.39, 0.29) is 97.1 Å². The molecule has 0 saturated carbocycles. The number of nitrogens with zero attached hydrogens (tertiary/aromatic N) is 20. The Kier molecular flexibility index (Phi) is 17.9. The number of nitriles is 10. The van der Waals surface area contributed by atoms with Crippen LogP contribution in [0.5, 0.6) is 28.7 Å². The quantitative estimate of drug-likeness (QED) is 0.156. The Morgan fingerprint density at radius 2 is 0.730 bits per heavy atom. The molecule has 0 aliphatic heterocycles. The fourth-order valence-corrected chi connectivity index (χ4v) is 11.4. The lowest BCUT2D eigenvalue weighted by Gasteiger charge is -2.11. The van der Waals surface area contributed by atoms with E-state index in [9.17, 15) is 14.4 Å². The molecule has 0 spiro atoms. The number of carbonyl (C=O) groups is 3. The Labute approximate surface area is 566 Å². The minimum atomic E-state index is -0.362. The van der Waals surface area contributed by atoms with E-state index in [1.54, 1.807) is 68.8 Å².